The third-order valence-electron chi connectivity index (χ3n) is 5.27. The van der Waals surface area contributed by atoms with Gasteiger partial charge in [-0.05, 0) is 31.6 Å². The number of carbonyl (C=O) groups is 3. The van der Waals surface area contributed by atoms with Crippen LogP contribution in [0.4, 0.5) is 0 Å². The predicted octanol–water partition coefficient (Wildman–Crippen LogP) is 3.07. The quantitative estimate of drug-likeness (QED) is 0.528. The minimum Gasteiger partial charge on any atom is -0.465 e. The van der Waals surface area contributed by atoms with Crippen molar-refractivity contribution in [2.75, 3.05) is 6.61 Å². The molecule has 1 saturated carbocycles. The van der Waals surface area contributed by atoms with E-state index in [-0.39, 0.29) is 60.5 Å². The van der Waals surface area contributed by atoms with Crippen molar-refractivity contribution in [2.45, 2.75) is 59.0 Å². The van der Waals surface area contributed by atoms with Gasteiger partial charge in [0.1, 0.15) is 11.9 Å². The second kappa shape index (κ2) is 8.45. The molecule has 5 heteroatoms. The first-order valence-corrected chi connectivity index (χ1v) is 8.95. The summed E-state index contributed by atoms with van der Waals surface area (Å²) in [4.78, 5) is 35.4. The molecular formula is C19H28O5. The Morgan fingerprint density at radius 2 is 1.92 bits per heavy atom. The number of hydrogen-bond donors (Lipinski definition) is 0. The Morgan fingerprint density at radius 3 is 2.54 bits per heavy atom. The van der Waals surface area contributed by atoms with E-state index in [4.69, 9.17) is 9.47 Å². The monoisotopic (exact) mass is 336 g/mol. The van der Waals surface area contributed by atoms with E-state index in [0.717, 1.165) is 12.8 Å². The number of carbonyl (C=O) groups excluding carboxylic acids is 3. The molecule has 0 spiro atoms. The van der Waals surface area contributed by atoms with Crippen molar-refractivity contribution in [3.8, 4) is 0 Å². The van der Waals surface area contributed by atoms with E-state index in [1.807, 2.05) is 6.92 Å². The fraction of sp³-hybridized carbons (Fsp3) is 0.737. The number of rotatable bonds is 7. The zero-order valence-corrected chi connectivity index (χ0v) is 14.8. The molecule has 1 aliphatic carbocycles. The van der Waals surface area contributed by atoms with Crippen molar-refractivity contribution < 1.29 is 23.9 Å². The fourth-order valence-electron chi connectivity index (χ4n) is 3.66. The maximum Gasteiger partial charge on any atom is 0.309 e. The molecule has 0 aromatic heterocycles. The van der Waals surface area contributed by atoms with Crippen LogP contribution < -0.4 is 0 Å². The van der Waals surface area contributed by atoms with Gasteiger partial charge in [-0.25, -0.2) is 0 Å². The van der Waals surface area contributed by atoms with Gasteiger partial charge >= 0.3 is 11.9 Å². The van der Waals surface area contributed by atoms with Crippen molar-refractivity contribution in [2.24, 2.45) is 23.7 Å². The summed E-state index contributed by atoms with van der Waals surface area (Å²) in [6, 6.07) is 0. The third kappa shape index (κ3) is 4.68. The second-order valence-corrected chi connectivity index (χ2v) is 7.06. The fourth-order valence-corrected chi connectivity index (χ4v) is 3.66. The van der Waals surface area contributed by atoms with Gasteiger partial charge in [0, 0.05) is 25.2 Å². The molecule has 0 radical (unpaired) electrons. The molecule has 134 valence electrons. The van der Waals surface area contributed by atoms with Gasteiger partial charge < -0.3 is 9.47 Å². The van der Waals surface area contributed by atoms with Crippen LogP contribution in [0.2, 0.25) is 0 Å². The average molecular weight is 336 g/mol. The van der Waals surface area contributed by atoms with Crippen LogP contribution in [0.3, 0.4) is 0 Å². The molecule has 0 unspecified atom stereocenters. The Morgan fingerprint density at radius 1 is 1.21 bits per heavy atom. The summed E-state index contributed by atoms with van der Waals surface area (Å²) < 4.78 is 10.5. The Balaban J connectivity index is 1.81. The normalized spacial score (nSPS) is 33.2. The summed E-state index contributed by atoms with van der Waals surface area (Å²) in [5.41, 5.74) is 0. The standard InChI is InChI=1S/C19H28O5/c1-4-5-6-7-14-8-16(20)9-15(14)10-18(21)23-11-17-12(2)19(22)24-13(17)3/h5-6,12-15,17H,4,7-11H2,1-3H3/b6-5-/t12-,13+,14-,15+,17-/m0/s1. The number of cyclic esters (lactones) is 1. The largest absolute Gasteiger partial charge is 0.465 e. The van der Waals surface area contributed by atoms with Gasteiger partial charge in [0.2, 0.25) is 0 Å². The smallest absolute Gasteiger partial charge is 0.309 e. The number of esters is 2. The lowest BCUT2D eigenvalue weighted by Gasteiger charge is -2.19. The van der Waals surface area contributed by atoms with Crippen molar-refractivity contribution in [1.82, 2.24) is 0 Å². The topological polar surface area (TPSA) is 69.7 Å². The Labute approximate surface area is 143 Å². The first-order chi connectivity index (χ1) is 11.4. The van der Waals surface area contributed by atoms with Crippen LogP contribution in [0, 0.1) is 23.7 Å². The molecule has 2 aliphatic rings. The maximum atomic E-state index is 12.2. The number of Topliss-reactive ketones (excluding diaryl/α,β-unsaturated/α-hetero) is 1. The molecule has 2 fully saturated rings. The molecule has 1 aliphatic heterocycles. The lowest BCUT2D eigenvalue weighted by molar-refractivity contribution is -0.147. The molecular weight excluding hydrogens is 308 g/mol. The molecule has 24 heavy (non-hydrogen) atoms. The summed E-state index contributed by atoms with van der Waals surface area (Å²) in [7, 11) is 0. The Hall–Kier alpha value is -1.65. The highest BCUT2D eigenvalue weighted by Gasteiger charge is 2.40. The minimum absolute atomic E-state index is 0.0720. The molecule has 1 heterocycles. The van der Waals surface area contributed by atoms with E-state index in [1.165, 1.54) is 0 Å². The molecule has 2 rings (SSSR count). The van der Waals surface area contributed by atoms with Gasteiger partial charge in [0.15, 0.2) is 0 Å². The summed E-state index contributed by atoms with van der Waals surface area (Å²) >= 11 is 0. The first kappa shape index (κ1) is 18.7. The van der Waals surface area contributed by atoms with Gasteiger partial charge in [-0.2, -0.15) is 0 Å². The number of allylic oxidation sites excluding steroid dienone is 2. The van der Waals surface area contributed by atoms with Crippen LogP contribution in [-0.4, -0.2) is 30.4 Å². The molecule has 0 aromatic rings. The number of hydrogen-bond acceptors (Lipinski definition) is 5. The van der Waals surface area contributed by atoms with Crippen LogP contribution in [0.5, 0.6) is 0 Å². The van der Waals surface area contributed by atoms with Gasteiger partial charge in [-0.3, -0.25) is 14.4 Å². The molecule has 0 amide bonds. The van der Waals surface area contributed by atoms with Crippen LogP contribution in [-0.2, 0) is 23.9 Å². The molecule has 0 N–H and O–H groups in total. The summed E-state index contributed by atoms with van der Waals surface area (Å²) in [5.74, 6) is -0.294. The van der Waals surface area contributed by atoms with Crippen LogP contribution >= 0.6 is 0 Å². The lowest BCUT2D eigenvalue weighted by atomic mass is 9.90. The molecule has 5 atom stereocenters. The van der Waals surface area contributed by atoms with E-state index in [2.05, 4.69) is 19.1 Å². The highest BCUT2D eigenvalue weighted by atomic mass is 16.6. The van der Waals surface area contributed by atoms with E-state index in [0.29, 0.717) is 12.8 Å². The third-order valence-corrected chi connectivity index (χ3v) is 5.27. The molecule has 0 aromatic carbocycles. The SMILES string of the molecule is CC/C=C\C[C@H]1CC(=O)C[C@@H]1CC(=O)OC[C@H]1[C@H](C)C(=O)O[C@@H]1C. The van der Waals surface area contributed by atoms with Crippen molar-refractivity contribution >= 4 is 17.7 Å². The van der Waals surface area contributed by atoms with Crippen molar-refractivity contribution in [3.63, 3.8) is 0 Å². The molecule has 0 bridgehead atoms. The highest BCUT2D eigenvalue weighted by molar-refractivity contribution is 5.82. The summed E-state index contributed by atoms with van der Waals surface area (Å²) in [5, 5.41) is 0. The predicted molar refractivity (Wildman–Crippen MR) is 89.1 cm³/mol. The van der Waals surface area contributed by atoms with E-state index in [9.17, 15) is 14.4 Å². The average Bonchev–Trinajstić information content (AvgIpc) is 2.98. The Kier molecular flexibility index (Phi) is 6.58. The van der Waals surface area contributed by atoms with Gasteiger partial charge in [-0.15, -0.1) is 0 Å². The molecule has 1 saturated heterocycles. The van der Waals surface area contributed by atoms with Crippen LogP contribution in [0.25, 0.3) is 0 Å². The van der Waals surface area contributed by atoms with Gasteiger partial charge in [0.25, 0.3) is 0 Å². The summed E-state index contributed by atoms with van der Waals surface area (Å²) in [6.45, 7) is 5.90. The Bertz CT molecular complexity index is 510. The van der Waals surface area contributed by atoms with Crippen molar-refractivity contribution in [3.05, 3.63) is 12.2 Å². The summed E-state index contributed by atoms with van der Waals surface area (Å²) in [6.07, 6.45) is 7.11. The lowest BCUT2D eigenvalue weighted by Crippen LogP contribution is -2.25. The maximum absolute atomic E-state index is 12.2. The first-order valence-electron chi connectivity index (χ1n) is 8.95. The van der Waals surface area contributed by atoms with Gasteiger partial charge in [0.05, 0.1) is 12.5 Å². The highest BCUT2D eigenvalue weighted by Crippen LogP contribution is 2.35. The van der Waals surface area contributed by atoms with Crippen LogP contribution in [0.1, 0.15) is 52.9 Å². The van der Waals surface area contributed by atoms with E-state index >= 15 is 0 Å². The zero-order chi connectivity index (χ0) is 17.7. The van der Waals surface area contributed by atoms with Crippen molar-refractivity contribution in [1.29, 1.82) is 0 Å². The zero-order valence-electron chi connectivity index (χ0n) is 14.8. The second-order valence-electron chi connectivity index (χ2n) is 7.06. The minimum atomic E-state index is -0.280. The van der Waals surface area contributed by atoms with E-state index < -0.39 is 0 Å². The number of ether oxygens (including phenoxy) is 2. The number of ketones is 1. The molecule has 5 nitrogen and oxygen atoms in total. The van der Waals surface area contributed by atoms with E-state index in [1.54, 1.807) is 6.92 Å². The van der Waals surface area contributed by atoms with Crippen LogP contribution in [0.15, 0.2) is 12.2 Å². The van der Waals surface area contributed by atoms with Gasteiger partial charge in [-0.1, -0.05) is 26.0 Å².